The first kappa shape index (κ1) is 10.9. The highest BCUT2D eigenvalue weighted by Crippen LogP contribution is 2.29. The molecular formula is C10H20FNO. The molecule has 1 rings (SSSR count). The molecule has 1 fully saturated rings. The van der Waals surface area contributed by atoms with Crippen LogP contribution in [0.2, 0.25) is 0 Å². The number of ether oxygens (including phenoxy) is 1. The lowest BCUT2D eigenvalue weighted by Crippen LogP contribution is -2.30. The molecule has 13 heavy (non-hydrogen) atoms. The molecule has 0 amide bonds. The molecule has 0 aliphatic carbocycles. The fourth-order valence-corrected chi connectivity index (χ4v) is 1.85. The van der Waals surface area contributed by atoms with Crippen molar-refractivity contribution in [3.05, 3.63) is 0 Å². The summed E-state index contributed by atoms with van der Waals surface area (Å²) in [6.45, 7) is 6.85. The summed E-state index contributed by atoms with van der Waals surface area (Å²) >= 11 is 0. The van der Waals surface area contributed by atoms with Crippen molar-refractivity contribution < 1.29 is 9.13 Å². The highest BCUT2D eigenvalue weighted by atomic mass is 19.1. The van der Waals surface area contributed by atoms with Gasteiger partial charge in [-0.25, -0.2) is 4.39 Å². The number of rotatable bonds is 3. The summed E-state index contributed by atoms with van der Waals surface area (Å²) in [5.41, 5.74) is -1.03. The summed E-state index contributed by atoms with van der Waals surface area (Å²) < 4.78 is 19.0. The molecule has 0 aromatic rings. The molecule has 2 nitrogen and oxygen atoms in total. The first-order valence-corrected chi connectivity index (χ1v) is 4.91. The summed E-state index contributed by atoms with van der Waals surface area (Å²) in [5.74, 6) is 0. The van der Waals surface area contributed by atoms with Crippen molar-refractivity contribution in [1.82, 2.24) is 4.90 Å². The monoisotopic (exact) mass is 189 g/mol. The van der Waals surface area contributed by atoms with Crippen molar-refractivity contribution in [3.63, 3.8) is 0 Å². The van der Waals surface area contributed by atoms with Crippen LogP contribution >= 0.6 is 0 Å². The molecule has 78 valence electrons. The summed E-state index contributed by atoms with van der Waals surface area (Å²) in [5, 5.41) is 0. The molecule has 0 spiro atoms. The number of nitrogens with zero attached hydrogens (tertiary/aromatic N) is 1. The summed E-state index contributed by atoms with van der Waals surface area (Å²) in [4.78, 5) is 2.04. The van der Waals surface area contributed by atoms with E-state index in [0.29, 0.717) is 19.6 Å². The zero-order valence-corrected chi connectivity index (χ0v) is 9.01. The van der Waals surface area contributed by atoms with Gasteiger partial charge in [-0.1, -0.05) is 0 Å². The Bertz CT molecular complexity index is 170. The van der Waals surface area contributed by atoms with Crippen LogP contribution in [-0.2, 0) is 4.74 Å². The van der Waals surface area contributed by atoms with Crippen molar-refractivity contribution in [1.29, 1.82) is 0 Å². The third kappa shape index (κ3) is 3.24. The largest absolute Gasteiger partial charge is 0.377 e. The van der Waals surface area contributed by atoms with Gasteiger partial charge >= 0.3 is 0 Å². The summed E-state index contributed by atoms with van der Waals surface area (Å²) in [6, 6.07) is 0.248. The van der Waals surface area contributed by atoms with Crippen molar-refractivity contribution >= 4 is 0 Å². The topological polar surface area (TPSA) is 12.5 Å². The Morgan fingerprint density at radius 2 is 2.23 bits per heavy atom. The Hall–Kier alpha value is -0.150. The molecule has 0 N–H and O–H groups in total. The molecule has 0 saturated carbocycles. The minimum absolute atomic E-state index is 0.236. The van der Waals surface area contributed by atoms with Crippen molar-refractivity contribution in [2.45, 2.75) is 45.0 Å². The quantitative estimate of drug-likeness (QED) is 0.671. The van der Waals surface area contributed by atoms with Gasteiger partial charge in [0.2, 0.25) is 0 Å². The maximum Gasteiger partial charge on any atom is 0.122 e. The van der Waals surface area contributed by atoms with Gasteiger partial charge in [0.15, 0.2) is 0 Å². The van der Waals surface area contributed by atoms with E-state index in [0.717, 1.165) is 0 Å². The predicted molar refractivity (Wildman–Crippen MR) is 51.6 cm³/mol. The lowest BCUT2D eigenvalue weighted by atomic mass is 10.1. The average molecular weight is 189 g/mol. The van der Waals surface area contributed by atoms with E-state index in [1.807, 2.05) is 25.8 Å². The molecule has 0 radical (unpaired) electrons. The number of hydrogen-bond donors (Lipinski definition) is 0. The van der Waals surface area contributed by atoms with E-state index in [-0.39, 0.29) is 12.1 Å². The Labute approximate surface area is 80.1 Å². The summed E-state index contributed by atoms with van der Waals surface area (Å²) in [6.07, 6.45) is 0.829. The molecular weight excluding hydrogens is 169 g/mol. The van der Waals surface area contributed by atoms with E-state index in [1.54, 1.807) is 6.92 Å². The third-order valence-corrected chi connectivity index (χ3v) is 2.49. The Morgan fingerprint density at radius 1 is 1.62 bits per heavy atom. The van der Waals surface area contributed by atoms with Gasteiger partial charge in [-0.2, -0.15) is 0 Å². The molecule has 1 heterocycles. The van der Waals surface area contributed by atoms with Crippen LogP contribution in [0.15, 0.2) is 0 Å². The molecule has 0 aromatic heterocycles. The SMILES string of the molecule is CC(C)OCC1CC(C)(F)CN1C. The normalized spacial score (nSPS) is 36.0. The molecule has 1 aliphatic rings. The first-order valence-electron chi connectivity index (χ1n) is 4.91. The second-order valence-electron chi connectivity index (χ2n) is 4.57. The lowest BCUT2D eigenvalue weighted by Gasteiger charge is -2.19. The van der Waals surface area contributed by atoms with Crippen molar-refractivity contribution in [2.75, 3.05) is 20.2 Å². The van der Waals surface area contributed by atoms with Gasteiger partial charge in [-0.05, 0) is 27.8 Å². The van der Waals surface area contributed by atoms with Gasteiger partial charge in [0, 0.05) is 19.0 Å². The van der Waals surface area contributed by atoms with Gasteiger partial charge in [0.1, 0.15) is 5.67 Å². The number of alkyl halides is 1. The zero-order valence-electron chi connectivity index (χ0n) is 9.01. The van der Waals surface area contributed by atoms with Crippen LogP contribution in [0, 0.1) is 0 Å². The molecule has 1 aliphatic heterocycles. The van der Waals surface area contributed by atoms with Gasteiger partial charge in [-0.3, -0.25) is 4.90 Å². The molecule has 0 aromatic carbocycles. The lowest BCUT2D eigenvalue weighted by molar-refractivity contribution is 0.0428. The second kappa shape index (κ2) is 3.93. The minimum atomic E-state index is -1.03. The number of hydrogen-bond acceptors (Lipinski definition) is 2. The van der Waals surface area contributed by atoms with Gasteiger partial charge < -0.3 is 4.74 Å². The standard InChI is InChI=1S/C10H20FNO/c1-8(2)13-6-9-5-10(3,11)7-12(9)4/h8-9H,5-7H2,1-4H3. The number of halogens is 1. The molecule has 0 bridgehead atoms. The van der Waals surface area contributed by atoms with Crippen LogP contribution < -0.4 is 0 Å². The van der Waals surface area contributed by atoms with Crippen LogP contribution in [0.1, 0.15) is 27.2 Å². The minimum Gasteiger partial charge on any atom is -0.377 e. The van der Waals surface area contributed by atoms with Crippen LogP contribution in [0.5, 0.6) is 0 Å². The van der Waals surface area contributed by atoms with Crippen LogP contribution in [-0.4, -0.2) is 42.9 Å². The fourth-order valence-electron chi connectivity index (χ4n) is 1.85. The summed E-state index contributed by atoms with van der Waals surface area (Å²) in [7, 11) is 1.96. The third-order valence-electron chi connectivity index (χ3n) is 2.49. The molecule has 3 heteroatoms. The van der Waals surface area contributed by atoms with Crippen molar-refractivity contribution in [2.24, 2.45) is 0 Å². The maximum atomic E-state index is 13.5. The van der Waals surface area contributed by atoms with E-state index in [2.05, 4.69) is 0 Å². The molecule has 2 atom stereocenters. The van der Waals surface area contributed by atoms with Gasteiger partial charge in [0.05, 0.1) is 12.7 Å². The number of likely N-dealkylation sites (tertiary alicyclic amines) is 1. The van der Waals surface area contributed by atoms with E-state index in [4.69, 9.17) is 4.74 Å². The maximum absolute atomic E-state index is 13.5. The Morgan fingerprint density at radius 3 is 2.62 bits per heavy atom. The van der Waals surface area contributed by atoms with E-state index in [9.17, 15) is 4.39 Å². The van der Waals surface area contributed by atoms with E-state index < -0.39 is 5.67 Å². The van der Waals surface area contributed by atoms with Crippen molar-refractivity contribution in [3.8, 4) is 0 Å². The predicted octanol–water partition coefficient (Wildman–Crippen LogP) is 1.84. The van der Waals surface area contributed by atoms with E-state index in [1.165, 1.54) is 0 Å². The van der Waals surface area contributed by atoms with E-state index >= 15 is 0 Å². The smallest absolute Gasteiger partial charge is 0.122 e. The first-order chi connectivity index (χ1) is 5.91. The van der Waals surface area contributed by atoms with Crippen LogP contribution in [0.4, 0.5) is 4.39 Å². The zero-order chi connectivity index (χ0) is 10.1. The highest BCUT2D eigenvalue weighted by molar-refractivity contribution is 4.92. The number of likely N-dealkylation sites (N-methyl/N-ethyl adjacent to an activating group) is 1. The van der Waals surface area contributed by atoms with Gasteiger partial charge in [0.25, 0.3) is 0 Å². The van der Waals surface area contributed by atoms with Crippen LogP contribution in [0.3, 0.4) is 0 Å². The highest BCUT2D eigenvalue weighted by Gasteiger charge is 2.38. The Balaban J connectivity index is 2.35. The average Bonchev–Trinajstić information content (AvgIpc) is 2.20. The Kier molecular flexibility index (Phi) is 3.30. The molecule has 2 unspecified atom stereocenters. The molecule has 1 saturated heterocycles. The van der Waals surface area contributed by atoms with Gasteiger partial charge in [-0.15, -0.1) is 0 Å². The second-order valence-corrected chi connectivity index (χ2v) is 4.57. The fraction of sp³-hybridized carbons (Fsp3) is 1.00. The van der Waals surface area contributed by atoms with Crippen LogP contribution in [0.25, 0.3) is 0 Å².